The second-order valence-corrected chi connectivity index (χ2v) is 5.95. The fourth-order valence-electron chi connectivity index (χ4n) is 2.73. The van der Waals surface area contributed by atoms with E-state index in [1.807, 2.05) is 0 Å². The normalized spacial score (nSPS) is 23.5. The summed E-state index contributed by atoms with van der Waals surface area (Å²) in [4.78, 5) is 10.3. The lowest BCUT2D eigenvalue weighted by Gasteiger charge is -2.39. The monoisotopic (exact) mass is 241 g/mol. The van der Waals surface area contributed by atoms with Crippen molar-refractivity contribution in [3.8, 4) is 0 Å². The van der Waals surface area contributed by atoms with E-state index in [4.69, 9.17) is 5.11 Å². The van der Waals surface area contributed by atoms with Crippen molar-refractivity contribution in [2.45, 2.75) is 71.3 Å². The third-order valence-corrected chi connectivity index (χ3v) is 3.97. The van der Waals surface area contributed by atoms with Gasteiger partial charge in [0.15, 0.2) is 0 Å². The molecule has 0 aromatic heterocycles. The van der Waals surface area contributed by atoms with E-state index in [1.54, 1.807) is 0 Å². The lowest BCUT2D eigenvalue weighted by molar-refractivity contribution is -0.137. The van der Waals surface area contributed by atoms with Crippen LogP contribution >= 0.6 is 0 Å². The molecule has 0 spiro atoms. The van der Waals surface area contributed by atoms with Crippen LogP contribution in [0.3, 0.4) is 0 Å². The van der Waals surface area contributed by atoms with Crippen LogP contribution in [-0.2, 0) is 4.79 Å². The van der Waals surface area contributed by atoms with E-state index in [2.05, 4.69) is 19.2 Å². The van der Waals surface area contributed by atoms with E-state index in [0.29, 0.717) is 17.9 Å². The highest BCUT2D eigenvalue weighted by molar-refractivity contribution is 5.66. The second kappa shape index (κ2) is 7.00. The molecule has 0 saturated heterocycles. The Hall–Kier alpha value is -0.570. The van der Waals surface area contributed by atoms with Crippen LogP contribution in [0, 0.1) is 5.41 Å². The molecule has 0 aromatic carbocycles. The van der Waals surface area contributed by atoms with Gasteiger partial charge in [-0.3, -0.25) is 4.79 Å². The van der Waals surface area contributed by atoms with Gasteiger partial charge < -0.3 is 10.4 Å². The van der Waals surface area contributed by atoms with Crippen molar-refractivity contribution in [1.29, 1.82) is 0 Å². The number of aliphatic carboxylic acids is 1. The van der Waals surface area contributed by atoms with Gasteiger partial charge in [-0.15, -0.1) is 0 Å². The molecule has 1 atom stereocenters. The lowest BCUT2D eigenvalue weighted by atomic mass is 9.73. The molecular formula is C14H27NO2. The van der Waals surface area contributed by atoms with Gasteiger partial charge in [0.05, 0.1) is 0 Å². The standard InChI is InChI=1S/C14H27NO2/c1-14(2)10-6-5-8-12(14)15-11-7-3-4-9-13(16)17/h12,15H,3-11H2,1-2H3,(H,16,17). The molecule has 1 saturated carbocycles. The number of carbonyl (C=O) groups is 1. The van der Waals surface area contributed by atoms with Crippen LogP contribution in [0.4, 0.5) is 0 Å². The molecule has 17 heavy (non-hydrogen) atoms. The summed E-state index contributed by atoms with van der Waals surface area (Å²) in [5.41, 5.74) is 0.430. The minimum absolute atomic E-state index is 0.314. The molecule has 0 amide bonds. The fourth-order valence-corrected chi connectivity index (χ4v) is 2.73. The van der Waals surface area contributed by atoms with Gasteiger partial charge in [0.1, 0.15) is 0 Å². The highest BCUT2D eigenvalue weighted by Crippen LogP contribution is 2.35. The van der Waals surface area contributed by atoms with Gasteiger partial charge in [-0.2, -0.15) is 0 Å². The van der Waals surface area contributed by atoms with E-state index >= 15 is 0 Å². The summed E-state index contributed by atoms with van der Waals surface area (Å²) in [6, 6.07) is 0.649. The molecule has 0 aromatic rings. The van der Waals surface area contributed by atoms with Crippen molar-refractivity contribution in [2.24, 2.45) is 5.41 Å². The van der Waals surface area contributed by atoms with Crippen LogP contribution in [0.2, 0.25) is 0 Å². The zero-order chi connectivity index (χ0) is 12.7. The Kier molecular flexibility index (Phi) is 5.96. The SMILES string of the molecule is CC1(C)CCCCC1NCCCCCC(=O)O. The third-order valence-electron chi connectivity index (χ3n) is 3.97. The van der Waals surface area contributed by atoms with Crippen LogP contribution in [0.1, 0.15) is 65.2 Å². The maximum Gasteiger partial charge on any atom is 0.303 e. The summed E-state index contributed by atoms with van der Waals surface area (Å²) in [7, 11) is 0. The first-order chi connectivity index (χ1) is 8.02. The summed E-state index contributed by atoms with van der Waals surface area (Å²) in [6.07, 6.45) is 8.57. The van der Waals surface area contributed by atoms with Gasteiger partial charge in [0.2, 0.25) is 0 Å². The average Bonchev–Trinajstić information content (AvgIpc) is 2.24. The zero-order valence-corrected chi connectivity index (χ0v) is 11.3. The summed E-state index contributed by atoms with van der Waals surface area (Å²) >= 11 is 0. The number of hydrogen-bond acceptors (Lipinski definition) is 2. The van der Waals surface area contributed by atoms with Gasteiger partial charge >= 0.3 is 5.97 Å². The maximum atomic E-state index is 10.3. The van der Waals surface area contributed by atoms with Crippen molar-refractivity contribution >= 4 is 5.97 Å². The van der Waals surface area contributed by atoms with Gasteiger partial charge in [-0.1, -0.05) is 33.1 Å². The van der Waals surface area contributed by atoms with E-state index < -0.39 is 5.97 Å². The Labute approximate surface area is 105 Å². The number of nitrogens with one attached hydrogen (secondary N) is 1. The Morgan fingerprint density at radius 2 is 2.06 bits per heavy atom. The summed E-state index contributed by atoms with van der Waals surface area (Å²) in [5, 5.41) is 12.2. The largest absolute Gasteiger partial charge is 0.481 e. The van der Waals surface area contributed by atoms with Crippen molar-refractivity contribution < 1.29 is 9.90 Å². The third kappa shape index (κ3) is 5.53. The lowest BCUT2D eigenvalue weighted by Crippen LogP contribution is -2.44. The summed E-state index contributed by atoms with van der Waals surface area (Å²) in [6.45, 7) is 5.75. The molecule has 0 aliphatic heterocycles. The predicted octanol–water partition coefficient (Wildman–Crippen LogP) is 3.19. The van der Waals surface area contributed by atoms with E-state index in [-0.39, 0.29) is 0 Å². The molecular weight excluding hydrogens is 214 g/mol. The number of hydrogen-bond donors (Lipinski definition) is 2. The molecule has 1 aliphatic carbocycles. The first kappa shape index (κ1) is 14.5. The first-order valence-corrected chi connectivity index (χ1v) is 6.97. The molecule has 1 fully saturated rings. The highest BCUT2D eigenvalue weighted by Gasteiger charge is 2.31. The molecule has 2 N–H and O–H groups in total. The summed E-state index contributed by atoms with van der Waals surface area (Å²) in [5.74, 6) is -0.675. The Morgan fingerprint density at radius 3 is 2.71 bits per heavy atom. The van der Waals surface area contributed by atoms with Crippen LogP contribution in [0.15, 0.2) is 0 Å². The van der Waals surface area contributed by atoms with Crippen molar-refractivity contribution in [2.75, 3.05) is 6.54 Å². The van der Waals surface area contributed by atoms with Gasteiger partial charge in [-0.25, -0.2) is 0 Å². The number of unbranched alkanes of at least 4 members (excludes halogenated alkanes) is 2. The topological polar surface area (TPSA) is 49.3 Å². The number of rotatable bonds is 7. The Bertz CT molecular complexity index is 238. The highest BCUT2D eigenvalue weighted by atomic mass is 16.4. The minimum atomic E-state index is -0.675. The van der Waals surface area contributed by atoms with Gasteiger partial charge in [-0.05, 0) is 37.6 Å². The van der Waals surface area contributed by atoms with Gasteiger partial charge in [0, 0.05) is 12.5 Å². The molecule has 1 aliphatic rings. The zero-order valence-electron chi connectivity index (χ0n) is 11.3. The molecule has 3 heteroatoms. The van der Waals surface area contributed by atoms with Crippen LogP contribution < -0.4 is 5.32 Å². The number of carboxylic acids is 1. The second-order valence-electron chi connectivity index (χ2n) is 5.95. The molecule has 0 bridgehead atoms. The molecule has 3 nitrogen and oxygen atoms in total. The Morgan fingerprint density at radius 1 is 1.29 bits per heavy atom. The fraction of sp³-hybridized carbons (Fsp3) is 0.929. The maximum absolute atomic E-state index is 10.3. The summed E-state index contributed by atoms with van der Waals surface area (Å²) < 4.78 is 0. The van der Waals surface area contributed by atoms with Crippen molar-refractivity contribution in [1.82, 2.24) is 5.32 Å². The van der Waals surface area contributed by atoms with Crippen LogP contribution in [-0.4, -0.2) is 23.7 Å². The van der Waals surface area contributed by atoms with Gasteiger partial charge in [0.25, 0.3) is 0 Å². The first-order valence-electron chi connectivity index (χ1n) is 6.97. The predicted molar refractivity (Wildman–Crippen MR) is 70.1 cm³/mol. The molecule has 0 radical (unpaired) electrons. The molecule has 1 unspecified atom stereocenters. The molecule has 1 rings (SSSR count). The van der Waals surface area contributed by atoms with E-state index in [9.17, 15) is 4.79 Å². The van der Waals surface area contributed by atoms with E-state index in [1.165, 1.54) is 25.7 Å². The quantitative estimate of drug-likeness (QED) is 0.673. The molecule has 100 valence electrons. The van der Waals surface area contributed by atoms with Crippen molar-refractivity contribution in [3.63, 3.8) is 0 Å². The van der Waals surface area contributed by atoms with Crippen LogP contribution in [0.5, 0.6) is 0 Å². The smallest absolute Gasteiger partial charge is 0.303 e. The van der Waals surface area contributed by atoms with Crippen molar-refractivity contribution in [3.05, 3.63) is 0 Å². The number of carboxylic acid groups (broad SMARTS) is 1. The minimum Gasteiger partial charge on any atom is -0.481 e. The van der Waals surface area contributed by atoms with Crippen LogP contribution in [0.25, 0.3) is 0 Å². The Balaban J connectivity index is 2.07. The average molecular weight is 241 g/mol. The van der Waals surface area contributed by atoms with E-state index in [0.717, 1.165) is 25.8 Å². The molecule has 0 heterocycles.